The van der Waals surface area contributed by atoms with Gasteiger partial charge in [-0.1, -0.05) is 0 Å². The highest BCUT2D eigenvalue weighted by atomic mass is 19.4. The van der Waals surface area contributed by atoms with E-state index in [0.717, 1.165) is 25.5 Å². The van der Waals surface area contributed by atoms with Gasteiger partial charge in [0.2, 0.25) is 5.95 Å². The second-order valence-corrected chi connectivity index (χ2v) is 9.11. The molecule has 3 fully saturated rings. The van der Waals surface area contributed by atoms with Gasteiger partial charge >= 0.3 is 6.18 Å². The summed E-state index contributed by atoms with van der Waals surface area (Å²) < 4.78 is 54.6. The first kappa shape index (κ1) is 20.5. The van der Waals surface area contributed by atoms with Gasteiger partial charge in [-0.25, -0.2) is 9.67 Å². The molecule has 1 saturated heterocycles. The molecule has 0 spiro atoms. The van der Waals surface area contributed by atoms with Crippen molar-refractivity contribution in [2.75, 3.05) is 30.5 Å². The van der Waals surface area contributed by atoms with Gasteiger partial charge in [0.1, 0.15) is 17.1 Å². The molecule has 2 aliphatic heterocycles. The van der Waals surface area contributed by atoms with Crippen LogP contribution in [0.25, 0.3) is 0 Å². The summed E-state index contributed by atoms with van der Waals surface area (Å²) in [6, 6.07) is 2.06. The number of halogens is 3. The first-order valence-corrected chi connectivity index (χ1v) is 11.1. The summed E-state index contributed by atoms with van der Waals surface area (Å²) >= 11 is 0. The van der Waals surface area contributed by atoms with Gasteiger partial charge in [0.05, 0.1) is 43.9 Å². The average Bonchev–Trinajstić information content (AvgIpc) is 3.27. The Balaban J connectivity index is 1.47. The van der Waals surface area contributed by atoms with Crippen LogP contribution in [-0.4, -0.2) is 45.6 Å². The van der Waals surface area contributed by atoms with E-state index in [1.165, 1.54) is 0 Å². The zero-order valence-corrected chi connectivity index (χ0v) is 17.6. The lowest BCUT2D eigenvalue weighted by Crippen LogP contribution is -2.33. The molecule has 2 bridgehead atoms. The van der Waals surface area contributed by atoms with E-state index in [2.05, 4.69) is 26.7 Å². The molecule has 0 radical (unpaired) electrons. The first-order valence-electron chi connectivity index (χ1n) is 11.1. The molecule has 0 aromatic carbocycles. The Morgan fingerprint density at radius 3 is 2.76 bits per heavy atom. The van der Waals surface area contributed by atoms with Crippen molar-refractivity contribution in [1.29, 1.82) is 5.26 Å². The topological polar surface area (TPSA) is 110 Å². The fourth-order valence-corrected chi connectivity index (χ4v) is 4.62. The van der Waals surface area contributed by atoms with Crippen molar-refractivity contribution in [1.82, 2.24) is 19.7 Å². The van der Waals surface area contributed by atoms with E-state index < -0.39 is 17.8 Å². The molecule has 2 aromatic heterocycles. The number of ether oxygens (including phenoxy) is 2. The molecule has 6 rings (SSSR count). The van der Waals surface area contributed by atoms with Gasteiger partial charge in [0.25, 0.3) is 0 Å². The highest BCUT2D eigenvalue weighted by Gasteiger charge is 2.45. The molecule has 2 aliphatic carbocycles. The lowest BCUT2D eigenvalue weighted by Gasteiger charge is -2.27. The summed E-state index contributed by atoms with van der Waals surface area (Å²) in [6.07, 6.45) is -0.131. The number of nitrogens with zero attached hydrogens (tertiary/aromatic N) is 5. The maximum absolute atomic E-state index is 13.6. The lowest BCUT2D eigenvalue weighted by atomic mass is 9.93. The third kappa shape index (κ3) is 3.55. The van der Waals surface area contributed by atoms with E-state index >= 15 is 0 Å². The second kappa shape index (κ2) is 7.48. The van der Waals surface area contributed by atoms with Crippen LogP contribution in [0.2, 0.25) is 0 Å². The normalized spacial score (nSPS) is 28.7. The van der Waals surface area contributed by atoms with Crippen LogP contribution in [0, 0.1) is 23.2 Å². The van der Waals surface area contributed by atoms with Crippen molar-refractivity contribution in [2.24, 2.45) is 11.8 Å². The molecule has 4 aliphatic rings. The zero-order valence-electron chi connectivity index (χ0n) is 17.6. The highest BCUT2D eigenvalue weighted by Crippen LogP contribution is 2.53. The Labute approximate surface area is 187 Å². The SMILES string of the molecule is N#CC1CC1c1nn(C2CCC2)c2c1OC[C@@H]1COC[C@H]1Nc1nc(ncc1C(F)(F)F)N2. The largest absolute Gasteiger partial charge is 0.487 e. The molecular formula is C21H22F3N7O2. The van der Waals surface area contributed by atoms with Crippen molar-refractivity contribution < 1.29 is 22.6 Å². The number of hydrogen-bond acceptors (Lipinski definition) is 8. The fraction of sp³-hybridized carbons (Fsp3) is 0.619. The Morgan fingerprint density at radius 1 is 1.21 bits per heavy atom. The number of nitrogens with one attached hydrogen (secondary N) is 2. The van der Waals surface area contributed by atoms with Crippen LogP contribution in [0.3, 0.4) is 0 Å². The van der Waals surface area contributed by atoms with Crippen molar-refractivity contribution >= 4 is 17.6 Å². The fourth-order valence-electron chi connectivity index (χ4n) is 4.62. The van der Waals surface area contributed by atoms with E-state index in [0.29, 0.717) is 30.3 Å². The molecule has 174 valence electrons. The average molecular weight is 461 g/mol. The molecule has 2 aromatic rings. The molecule has 2 saturated carbocycles. The number of fused-ring (bicyclic) bond motifs is 4. The van der Waals surface area contributed by atoms with Crippen molar-refractivity contribution in [3.8, 4) is 11.8 Å². The summed E-state index contributed by atoms with van der Waals surface area (Å²) in [4.78, 5) is 8.14. The van der Waals surface area contributed by atoms with Crippen molar-refractivity contribution in [3.63, 3.8) is 0 Å². The van der Waals surface area contributed by atoms with Crippen LogP contribution >= 0.6 is 0 Å². The van der Waals surface area contributed by atoms with Crippen LogP contribution in [-0.2, 0) is 10.9 Å². The second-order valence-electron chi connectivity index (χ2n) is 9.11. The van der Waals surface area contributed by atoms with Crippen LogP contribution in [0.15, 0.2) is 6.20 Å². The van der Waals surface area contributed by atoms with Crippen molar-refractivity contribution in [3.05, 3.63) is 17.5 Å². The number of anilines is 3. The summed E-state index contributed by atoms with van der Waals surface area (Å²) in [5.74, 6) is 0.483. The summed E-state index contributed by atoms with van der Waals surface area (Å²) in [6.45, 7) is 0.846. The number of alkyl halides is 3. The molecule has 12 heteroatoms. The molecule has 4 heterocycles. The monoisotopic (exact) mass is 461 g/mol. The third-order valence-electron chi connectivity index (χ3n) is 6.91. The van der Waals surface area contributed by atoms with Gasteiger partial charge in [-0.2, -0.15) is 28.5 Å². The summed E-state index contributed by atoms with van der Waals surface area (Å²) in [5.41, 5.74) is -0.215. The van der Waals surface area contributed by atoms with E-state index in [-0.39, 0.29) is 48.8 Å². The Bertz CT molecular complexity index is 1120. The highest BCUT2D eigenvalue weighted by molar-refractivity contribution is 5.64. The Kier molecular flexibility index (Phi) is 4.65. The van der Waals surface area contributed by atoms with E-state index in [1.807, 2.05) is 4.68 Å². The first-order chi connectivity index (χ1) is 15.9. The van der Waals surface area contributed by atoms with Crippen LogP contribution in [0.1, 0.15) is 48.9 Å². The van der Waals surface area contributed by atoms with Crippen LogP contribution in [0.5, 0.6) is 5.75 Å². The standard InChI is InChI=1S/C21H22F3N7O2/c22-21(23,24)14-6-26-20-28-18(14)27-15-9-32-7-11(15)8-33-17-16(13-4-10(13)5-25)30-31(19(17)29-20)12-2-1-3-12/h6,10-13,15H,1-4,7-9H2,(H2,26,27,28,29)/t10?,11-,13?,15+/m0/s1. The molecule has 4 atom stereocenters. The molecular weight excluding hydrogens is 439 g/mol. The predicted molar refractivity (Wildman–Crippen MR) is 109 cm³/mol. The molecule has 2 N–H and O–H groups in total. The van der Waals surface area contributed by atoms with Gasteiger partial charge in [0.15, 0.2) is 11.6 Å². The maximum atomic E-state index is 13.6. The Hall–Kier alpha value is -3.07. The van der Waals surface area contributed by atoms with Gasteiger partial charge in [-0.3, -0.25) is 0 Å². The minimum Gasteiger partial charge on any atom is -0.487 e. The predicted octanol–water partition coefficient (Wildman–Crippen LogP) is 3.61. The Morgan fingerprint density at radius 2 is 2.06 bits per heavy atom. The minimum atomic E-state index is -4.60. The number of rotatable bonds is 2. The summed E-state index contributed by atoms with van der Waals surface area (Å²) in [5, 5.41) is 20.2. The summed E-state index contributed by atoms with van der Waals surface area (Å²) in [7, 11) is 0. The van der Waals surface area contributed by atoms with Crippen LogP contribution < -0.4 is 15.4 Å². The molecule has 2 unspecified atom stereocenters. The lowest BCUT2D eigenvalue weighted by molar-refractivity contribution is -0.137. The van der Waals surface area contributed by atoms with E-state index in [9.17, 15) is 18.4 Å². The van der Waals surface area contributed by atoms with Gasteiger partial charge < -0.3 is 20.1 Å². The smallest absolute Gasteiger partial charge is 0.421 e. The van der Waals surface area contributed by atoms with Crippen molar-refractivity contribution in [2.45, 2.75) is 49.9 Å². The number of aromatic nitrogens is 4. The number of hydrogen-bond donors (Lipinski definition) is 2. The maximum Gasteiger partial charge on any atom is 0.421 e. The quantitative estimate of drug-likeness (QED) is 0.698. The molecule has 0 amide bonds. The van der Waals surface area contributed by atoms with E-state index in [4.69, 9.17) is 14.6 Å². The van der Waals surface area contributed by atoms with Crippen LogP contribution in [0.4, 0.5) is 30.8 Å². The van der Waals surface area contributed by atoms with Gasteiger partial charge in [-0.05, 0) is 25.7 Å². The number of nitriles is 1. The molecule has 9 nitrogen and oxygen atoms in total. The van der Waals surface area contributed by atoms with E-state index in [1.54, 1.807) is 0 Å². The zero-order chi connectivity index (χ0) is 22.7. The minimum absolute atomic E-state index is 0.0187. The van der Waals surface area contributed by atoms with Gasteiger partial charge in [-0.15, -0.1) is 0 Å². The van der Waals surface area contributed by atoms with Gasteiger partial charge in [0, 0.05) is 18.0 Å². The third-order valence-corrected chi connectivity index (χ3v) is 6.91. The molecule has 33 heavy (non-hydrogen) atoms.